The molecule has 1 fully saturated rings. The van der Waals surface area contributed by atoms with E-state index in [1.807, 2.05) is 41.9 Å². The topological polar surface area (TPSA) is 56.1 Å². The van der Waals surface area contributed by atoms with Gasteiger partial charge in [-0.05, 0) is 19.3 Å². The van der Waals surface area contributed by atoms with E-state index in [1.54, 1.807) is 6.33 Å². The van der Waals surface area contributed by atoms with E-state index in [-0.39, 0.29) is 17.9 Å². The highest BCUT2D eigenvalue weighted by molar-refractivity contribution is 5.95. The van der Waals surface area contributed by atoms with Crippen molar-refractivity contribution in [2.45, 2.75) is 32.3 Å². The van der Waals surface area contributed by atoms with Gasteiger partial charge in [0.1, 0.15) is 11.5 Å². The largest absolute Gasteiger partial charge is 0.377 e. The summed E-state index contributed by atoms with van der Waals surface area (Å²) >= 11 is 0. The third-order valence-electron chi connectivity index (χ3n) is 4.41. The van der Waals surface area contributed by atoms with Crippen molar-refractivity contribution < 1.29 is 9.53 Å². The Bertz CT molecular complexity index is 666. The fourth-order valence-corrected chi connectivity index (χ4v) is 3.14. The van der Waals surface area contributed by atoms with Gasteiger partial charge in [-0.1, -0.05) is 37.3 Å². The molecule has 122 valence electrons. The van der Waals surface area contributed by atoms with Crippen LogP contribution in [0, 0.1) is 5.92 Å². The van der Waals surface area contributed by atoms with Crippen molar-refractivity contribution in [3.63, 3.8) is 0 Å². The molecule has 0 bridgehead atoms. The lowest BCUT2D eigenvalue weighted by Crippen LogP contribution is -2.38. The number of rotatable bonds is 4. The summed E-state index contributed by atoms with van der Waals surface area (Å²) in [5.41, 5.74) is 1.79. The van der Waals surface area contributed by atoms with Crippen LogP contribution >= 0.6 is 0 Å². The second kappa shape index (κ2) is 6.96. The highest BCUT2D eigenvalue weighted by Crippen LogP contribution is 2.29. The fraction of sp³-hybridized carbons (Fsp3) is 0.444. The van der Waals surface area contributed by atoms with Gasteiger partial charge in [-0.25, -0.2) is 4.98 Å². The Labute approximate surface area is 136 Å². The van der Waals surface area contributed by atoms with Crippen LogP contribution < -0.4 is 5.32 Å². The lowest BCUT2D eigenvalue weighted by atomic mass is 9.92. The number of amides is 1. The summed E-state index contributed by atoms with van der Waals surface area (Å²) in [6, 6.07) is 9.90. The molecule has 1 aliphatic rings. The van der Waals surface area contributed by atoms with Crippen molar-refractivity contribution in [2.24, 2.45) is 13.0 Å². The standard InChI is InChI=1S/C18H23N3O2/c1-3-15-14(10-7-11-23-15)18(22)20-17-16(19-12-21(17)2)13-8-5-4-6-9-13/h4-6,8-9,12,14-15H,3,7,10-11H2,1-2H3,(H,20,22). The zero-order chi connectivity index (χ0) is 16.2. The number of ether oxygens (including phenoxy) is 1. The molecule has 0 aliphatic carbocycles. The number of hydrogen-bond donors (Lipinski definition) is 1. The Balaban J connectivity index is 1.83. The first kappa shape index (κ1) is 15.7. The monoisotopic (exact) mass is 313 g/mol. The number of carbonyl (C=O) groups excluding carboxylic acids is 1. The van der Waals surface area contributed by atoms with Crippen molar-refractivity contribution >= 4 is 11.7 Å². The predicted octanol–water partition coefficient (Wildman–Crippen LogP) is 3.23. The van der Waals surface area contributed by atoms with Crippen molar-refractivity contribution in [3.8, 4) is 11.3 Å². The van der Waals surface area contributed by atoms with Crippen LogP contribution in [-0.4, -0.2) is 28.2 Å². The van der Waals surface area contributed by atoms with Crippen molar-refractivity contribution in [2.75, 3.05) is 11.9 Å². The molecule has 1 N–H and O–H groups in total. The number of imidazole rings is 1. The maximum Gasteiger partial charge on any atom is 0.231 e. The maximum atomic E-state index is 12.7. The zero-order valence-electron chi connectivity index (χ0n) is 13.7. The van der Waals surface area contributed by atoms with E-state index < -0.39 is 0 Å². The van der Waals surface area contributed by atoms with E-state index in [4.69, 9.17) is 4.74 Å². The molecule has 1 aromatic heterocycles. The number of carbonyl (C=O) groups is 1. The molecule has 2 unspecified atom stereocenters. The number of nitrogens with one attached hydrogen (secondary N) is 1. The summed E-state index contributed by atoms with van der Waals surface area (Å²) in [6.45, 7) is 2.82. The van der Waals surface area contributed by atoms with Crippen LogP contribution in [0.4, 0.5) is 5.82 Å². The Hall–Kier alpha value is -2.14. The smallest absolute Gasteiger partial charge is 0.231 e. The minimum absolute atomic E-state index is 0.0113. The highest BCUT2D eigenvalue weighted by Gasteiger charge is 2.31. The van der Waals surface area contributed by atoms with Crippen molar-refractivity contribution in [1.82, 2.24) is 9.55 Å². The summed E-state index contributed by atoms with van der Waals surface area (Å²) in [6.07, 6.45) is 4.41. The maximum absolute atomic E-state index is 12.7. The van der Waals surface area contributed by atoms with E-state index in [0.29, 0.717) is 0 Å². The molecule has 1 aliphatic heterocycles. The predicted molar refractivity (Wildman–Crippen MR) is 90.0 cm³/mol. The van der Waals surface area contributed by atoms with Crippen molar-refractivity contribution in [1.29, 1.82) is 0 Å². The van der Waals surface area contributed by atoms with Gasteiger partial charge in [0, 0.05) is 19.2 Å². The van der Waals surface area contributed by atoms with Crippen LogP contribution in [0.2, 0.25) is 0 Å². The molecule has 2 heterocycles. The van der Waals surface area contributed by atoms with Crippen LogP contribution in [0.1, 0.15) is 26.2 Å². The lowest BCUT2D eigenvalue weighted by Gasteiger charge is -2.30. The third kappa shape index (κ3) is 3.29. The normalized spacial score (nSPS) is 21.1. The minimum atomic E-state index is -0.0905. The van der Waals surface area contributed by atoms with Gasteiger partial charge in [0.05, 0.1) is 18.3 Å². The highest BCUT2D eigenvalue weighted by atomic mass is 16.5. The molecule has 2 aromatic rings. The molecule has 2 atom stereocenters. The minimum Gasteiger partial charge on any atom is -0.377 e. The van der Waals surface area contributed by atoms with Crippen molar-refractivity contribution in [3.05, 3.63) is 36.7 Å². The van der Waals surface area contributed by atoms with Gasteiger partial charge < -0.3 is 14.6 Å². The first-order valence-corrected chi connectivity index (χ1v) is 8.20. The SMILES string of the molecule is CCC1OCCCC1C(=O)Nc1c(-c2ccccc2)ncn1C. The summed E-state index contributed by atoms with van der Waals surface area (Å²) in [4.78, 5) is 17.2. The quantitative estimate of drug-likeness (QED) is 0.943. The Morgan fingerprint density at radius 3 is 2.91 bits per heavy atom. The molecule has 1 aromatic carbocycles. The van der Waals surface area contributed by atoms with Gasteiger partial charge >= 0.3 is 0 Å². The van der Waals surface area contributed by atoms with Crippen LogP contribution in [0.5, 0.6) is 0 Å². The molecule has 3 rings (SSSR count). The molecule has 5 heteroatoms. The summed E-state index contributed by atoms with van der Waals surface area (Å²) in [5.74, 6) is 0.672. The van der Waals surface area contributed by atoms with E-state index >= 15 is 0 Å². The molecule has 0 saturated carbocycles. The molecule has 0 spiro atoms. The second-order valence-electron chi connectivity index (χ2n) is 5.97. The van der Waals surface area contributed by atoms with Gasteiger partial charge in [0.15, 0.2) is 0 Å². The van der Waals surface area contributed by atoms with Gasteiger partial charge in [-0.3, -0.25) is 4.79 Å². The Morgan fingerprint density at radius 2 is 2.17 bits per heavy atom. The Kier molecular flexibility index (Phi) is 4.76. The van der Waals surface area contributed by atoms with Crippen LogP contribution in [-0.2, 0) is 16.6 Å². The van der Waals surface area contributed by atoms with Crippen LogP contribution in [0.25, 0.3) is 11.3 Å². The number of aryl methyl sites for hydroxylation is 1. The van der Waals surface area contributed by atoms with E-state index in [1.165, 1.54) is 0 Å². The van der Waals surface area contributed by atoms with Gasteiger partial charge in [0.25, 0.3) is 0 Å². The van der Waals surface area contributed by atoms with E-state index in [9.17, 15) is 4.79 Å². The average Bonchev–Trinajstić information content (AvgIpc) is 2.96. The van der Waals surface area contributed by atoms with Gasteiger partial charge in [0.2, 0.25) is 5.91 Å². The van der Waals surface area contributed by atoms with E-state index in [0.717, 1.165) is 42.9 Å². The van der Waals surface area contributed by atoms with E-state index in [2.05, 4.69) is 17.2 Å². The summed E-state index contributed by atoms with van der Waals surface area (Å²) < 4.78 is 7.59. The second-order valence-corrected chi connectivity index (χ2v) is 5.97. The molecule has 1 amide bonds. The first-order chi connectivity index (χ1) is 11.2. The van der Waals surface area contributed by atoms with Gasteiger partial charge in [-0.2, -0.15) is 0 Å². The fourth-order valence-electron chi connectivity index (χ4n) is 3.14. The summed E-state index contributed by atoms with van der Waals surface area (Å²) in [7, 11) is 1.89. The average molecular weight is 313 g/mol. The molecular formula is C18H23N3O2. The molecule has 23 heavy (non-hydrogen) atoms. The molecule has 0 radical (unpaired) electrons. The number of anilines is 1. The Morgan fingerprint density at radius 1 is 1.39 bits per heavy atom. The first-order valence-electron chi connectivity index (χ1n) is 8.20. The van der Waals surface area contributed by atoms with Crippen LogP contribution in [0.3, 0.4) is 0 Å². The summed E-state index contributed by atoms with van der Waals surface area (Å²) in [5, 5.41) is 3.07. The zero-order valence-corrected chi connectivity index (χ0v) is 13.7. The molecule has 1 saturated heterocycles. The molecular weight excluding hydrogens is 290 g/mol. The number of nitrogens with zero attached hydrogens (tertiary/aromatic N) is 2. The van der Waals surface area contributed by atoms with Gasteiger partial charge in [-0.15, -0.1) is 0 Å². The number of aromatic nitrogens is 2. The molecule has 5 nitrogen and oxygen atoms in total. The number of benzene rings is 1. The third-order valence-corrected chi connectivity index (χ3v) is 4.41. The number of hydrogen-bond acceptors (Lipinski definition) is 3. The van der Waals surface area contributed by atoms with Crippen LogP contribution in [0.15, 0.2) is 36.7 Å². The lowest BCUT2D eigenvalue weighted by molar-refractivity contribution is -0.129.